The van der Waals surface area contributed by atoms with Gasteiger partial charge in [0.25, 0.3) is 0 Å². The van der Waals surface area contributed by atoms with Crippen molar-refractivity contribution in [3.05, 3.63) is 24.3 Å². The number of carbonyl (C=O) groups excluding carboxylic acids is 2. The molecule has 0 unspecified atom stereocenters. The molecule has 1 atom stereocenters. The Bertz CT molecular complexity index is 546. The van der Waals surface area contributed by atoms with E-state index in [0.717, 1.165) is 11.4 Å². The third kappa shape index (κ3) is 3.78. The molecular formula is C17H24N2O3. The summed E-state index contributed by atoms with van der Waals surface area (Å²) in [5.74, 6) is 1.04. The maximum Gasteiger partial charge on any atom is 0.227 e. The molecule has 1 N–H and O–H groups in total. The van der Waals surface area contributed by atoms with E-state index in [9.17, 15) is 9.59 Å². The number of rotatable bonds is 4. The first-order valence-electron chi connectivity index (χ1n) is 7.54. The molecule has 1 aliphatic rings. The topological polar surface area (TPSA) is 58.6 Å². The zero-order valence-corrected chi connectivity index (χ0v) is 13.7. The molecule has 1 aliphatic heterocycles. The van der Waals surface area contributed by atoms with Crippen LogP contribution in [0.15, 0.2) is 24.3 Å². The van der Waals surface area contributed by atoms with Crippen molar-refractivity contribution in [2.24, 2.45) is 11.3 Å². The SMILES string of the molecule is COc1ccc(N2C[C@@H](CNC(=O)C(C)(C)C)CC2=O)cc1. The fraction of sp³-hybridized carbons (Fsp3) is 0.529. The van der Waals surface area contributed by atoms with Crippen molar-refractivity contribution in [1.82, 2.24) is 5.32 Å². The van der Waals surface area contributed by atoms with Gasteiger partial charge in [-0.25, -0.2) is 0 Å². The van der Waals surface area contributed by atoms with Crippen LogP contribution in [0.25, 0.3) is 0 Å². The number of methoxy groups -OCH3 is 1. The van der Waals surface area contributed by atoms with Gasteiger partial charge in [-0.2, -0.15) is 0 Å². The average molecular weight is 304 g/mol. The monoisotopic (exact) mass is 304 g/mol. The Labute approximate surface area is 131 Å². The van der Waals surface area contributed by atoms with Crippen LogP contribution in [-0.4, -0.2) is 32.0 Å². The first-order valence-corrected chi connectivity index (χ1v) is 7.54. The minimum absolute atomic E-state index is 0.0165. The maximum absolute atomic E-state index is 12.2. The van der Waals surface area contributed by atoms with Gasteiger partial charge in [0, 0.05) is 36.5 Å². The Kier molecular flexibility index (Phi) is 4.74. The van der Waals surface area contributed by atoms with Gasteiger partial charge in [-0.05, 0) is 24.3 Å². The van der Waals surface area contributed by atoms with Crippen molar-refractivity contribution in [2.45, 2.75) is 27.2 Å². The first-order chi connectivity index (χ1) is 10.3. The van der Waals surface area contributed by atoms with Crippen LogP contribution in [0, 0.1) is 11.3 Å². The second-order valence-electron chi connectivity index (χ2n) is 6.73. The standard InChI is InChI=1S/C17H24N2O3/c1-17(2,3)16(21)18-10-12-9-15(20)19(11-12)13-5-7-14(22-4)8-6-13/h5-8,12H,9-11H2,1-4H3,(H,18,21)/t12-/m1/s1. The smallest absolute Gasteiger partial charge is 0.227 e. The molecular weight excluding hydrogens is 280 g/mol. The normalized spacial score (nSPS) is 18.5. The maximum atomic E-state index is 12.2. The molecule has 0 spiro atoms. The summed E-state index contributed by atoms with van der Waals surface area (Å²) in [5, 5.41) is 2.94. The van der Waals surface area contributed by atoms with Crippen LogP contribution in [0.2, 0.25) is 0 Å². The number of hydrogen-bond donors (Lipinski definition) is 1. The molecule has 5 heteroatoms. The number of nitrogens with zero attached hydrogens (tertiary/aromatic N) is 1. The Morgan fingerprint density at radius 1 is 1.32 bits per heavy atom. The molecule has 0 saturated carbocycles. The molecule has 22 heavy (non-hydrogen) atoms. The molecule has 120 valence electrons. The Morgan fingerprint density at radius 2 is 1.95 bits per heavy atom. The van der Waals surface area contributed by atoms with Crippen molar-refractivity contribution in [2.75, 3.05) is 25.1 Å². The Morgan fingerprint density at radius 3 is 2.50 bits per heavy atom. The van der Waals surface area contributed by atoms with Crippen LogP contribution < -0.4 is 15.0 Å². The predicted molar refractivity (Wildman–Crippen MR) is 85.9 cm³/mol. The number of anilines is 1. The fourth-order valence-corrected chi connectivity index (χ4v) is 2.43. The van der Waals surface area contributed by atoms with Crippen LogP contribution in [0.5, 0.6) is 5.75 Å². The van der Waals surface area contributed by atoms with Gasteiger partial charge < -0.3 is 15.0 Å². The quantitative estimate of drug-likeness (QED) is 0.928. The zero-order chi connectivity index (χ0) is 16.3. The number of hydrogen-bond acceptors (Lipinski definition) is 3. The molecule has 0 bridgehead atoms. The summed E-state index contributed by atoms with van der Waals surface area (Å²) in [5.41, 5.74) is 0.466. The molecule has 1 fully saturated rings. The predicted octanol–water partition coefficient (Wildman–Crippen LogP) is 2.21. The van der Waals surface area contributed by atoms with Gasteiger partial charge in [0.2, 0.25) is 11.8 Å². The van der Waals surface area contributed by atoms with Crippen LogP contribution in [0.3, 0.4) is 0 Å². The first kappa shape index (κ1) is 16.3. The second kappa shape index (κ2) is 6.38. The van der Waals surface area contributed by atoms with Crippen molar-refractivity contribution < 1.29 is 14.3 Å². The zero-order valence-electron chi connectivity index (χ0n) is 13.7. The van der Waals surface area contributed by atoms with E-state index in [1.165, 1.54) is 0 Å². The third-order valence-electron chi connectivity index (χ3n) is 3.82. The van der Waals surface area contributed by atoms with Crippen LogP contribution in [-0.2, 0) is 9.59 Å². The lowest BCUT2D eigenvalue weighted by molar-refractivity contribution is -0.128. The fourth-order valence-electron chi connectivity index (χ4n) is 2.43. The highest BCUT2D eigenvalue weighted by atomic mass is 16.5. The molecule has 0 aliphatic carbocycles. The van der Waals surface area contributed by atoms with Crippen molar-refractivity contribution in [3.63, 3.8) is 0 Å². The molecule has 5 nitrogen and oxygen atoms in total. The van der Waals surface area contributed by atoms with Crippen LogP contribution in [0.1, 0.15) is 27.2 Å². The molecule has 2 rings (SSSR count). The number of nitrogens with one attached hydrogen (secondary N) is 1. The van der Waals surface area contributed by atoms with E-state index in [1.807, 2.05) is 45.0 Å². The van der Waals surface area contributed by atoms with E-state index < -0.39 is 5.41 Å². The van der Waals surface area contributed by atoms with E-state index in [4.69, 9.17) is 4.74 Å². The number of amides is 2. The summed E-state index contributed by atoms with van der Waals surface area (Å²) in [7, 11) is 1.62. The highest BCUT2D eigenvalue weighted by Crippen LogP contribution is 2.26. The summed E-state index contributed by atoms with van der Waals surface area (Å²) < 4.78 is 5.13. The third-order valence-corrected chi connectivity index (χ3v) is 3.82. The van der Waals surface area contributed by atoms with Gasteiger partial charge >= 0.3 is 0 Å². The van der Waals surface area contributed by atoms with Gasteiger partial charge in [0.15, 0.2) is 0 Å². The van der Waals surface area contributed by atoms with Gasteiger partial charge in [-0.3, -0.25) is 9.59 Å². The van der Waals surface area contributed by atoms with Gasteiger partial charge in [-0.1, -0.05) is 20.8 Å². The molecule has 1 heterocycles. The Balaban J connectivity index is 1.94. The highest BCUT2D eigenvalue weighted by molar-refractivity contribution is 5.95. The molecule has 1 aromatic carbocycles. The minimum atomic E-state index is -0.404. The van der Waals surface area contributed by atoms with Gasteiger partial charge in [-0.15, -0.1) is 0 Å². The summed E-state index contributed by atoms with van der Waals surface area (Å²) in [6.45, 7) is 6.81. The van der Waals surface area contributed by atoms with E-state index in [0.29, 0.717) is 19.5 Å². The summed E-state index contributed by atoms with van der Waals surface area (Å²) >= 11 is 0. The lowest BCUT2D eigenvalue weighted by Gasteiger charge is -2.20. The second-order valence-corrected chi connectivity index (χ2v) is 6.73. The van der Waals surface area contributed by atoms with E-state index >= 15 is 0 Å². The average Bonchev–Trinajstić information content (AvgIpc) is 2.85. The van der Waals surface area contributed by atoms with Crippen LogP contribution in [0.4, 0.5) is 5.69 Å². The van der Waals surface area contributed by atoms with Crippen molar-refractivity contribution in [1.29, 1.82) is 0 Å². The van der Waals surface area contributed by atoms with E-state index in [-0.39, 0.29) is 17.7 Å². The molecule has 0 aromatic heterocycles. The van der Waals surface area contributed by atoms with Gasteiger partial charge in [0.05, 0.1) is 7.11 Å². The molecule has 2 amide bonds. The lowest BCUT2D eigenvalue weighted by atomic mass is 9.95. The molecule has 1 saturated heterocycles. The largest absolute Gasteiger partial charge is 0.497 e. The van der Waals surface area contributed by atoms with E-state index in [1.54, 1.807) is 12.0 Å². The minimum Gasteiger partial charge on any atom is -0.497 e. The summed E-state index contributed by atoms with van der Waals surface area (Å²) in [6, 6.07) is 7.45. The lowest BCUT2D eigenvalue weighted by Crippen LogP contribution is -2.38. The van der Waals surface area contributed by atoms with E-state index in [2.05, 4.69) is 5.32 Å². The molecule has 0 radical (unpaired) electrons. The number of benzene rings is 1. The summed E-state index contributed by atoms with van der Waals surface area (Å²) in [4.78, 5) is 25.8. The number of carbonyl (C=O) groups is 2. The van der Waals surface area contributed by atoms with Crippen LogP contribution >= 0.6 is 0 Å². The molecule has 1 aromatic rings. The highest BCUT2D eigenvalue weighted by Gasteiger charge is 2.31. The van der Waals surface area contributed by atoms with Crippen molar-refractivity contribution >= 4 is 17.5 Å². The summed E-state index contributed by atoms with van der Waals surface area (Å²) in [6.07, 6.45) is 0.469. The number of ether oxygens (including phenoxy) is 1. The van der Waals surface area contributed by atoms with Crippen molar-refractivity contribution in [3.8, 4) is 5.75 Å². The Hall–Kier alpha value is -2.04. The van der Waals surface area contributed by atoms with Gasteiger partial charge in [0.1, 0.15) is 5.75 Å².